The van der Waals surface area contributed by atoms with E-state index < -0.39 is 6.04 Å². The number of piperidine rings is 1. The summed E-state index contributed by atoms with van der Waals surface area (Å²) in [5.74, 6) is 0.849. The van der Waals surface area contributed by atoms with Gasteiger partial charge in [-0.15, -0.1) is 0 Å². The Kier molecular flexibility index (Phi) is 7.25. The Bertz CT molecular complexity index is 1310. The van der Waals surface area contributed by atoms with Crippen LogP contribution in [0.5, 0.6) is 5.75 Å². The molecule has 1 saturated heterocycles. The summed E-state index contributed by atoms with van der Waals surface area (Å²) in [6, 6.07) is 21.6. The first-order chi connectivity index (χ1) is 18.0. The van der Waals surface area contributed by atoms with E-state index in [1.807, 2.05) is 65.2 Å². The lowest BCUT2D eigenvalue weighted by molar-refractivity contribution is -0.123. The number of ether oxygens (including phenoxy) is 1. The number of fused-ring (bicyclic) bond motifs is 4. The Morgan fingerprint density at radius 2 is 1.73 bits per heavy atom. The number of nitrogens with zero attached hydrogens (tertiary/aromatic N) is 2. The average molecular weight is 501 g/mol. The molecule has 3 aromatic rings. The molecule has 3 unspecified atom stereocenters. The molecule has 3 atom stereocenters. The van der Waals surface area contributed by atoms with Gasteiger partial charge in [0, 0.05) is 50.3 Å². The minimum atomic E-state index is -0.718. The number of urea groups is 1. The third kappa shape index (κ3) is 5.69. The van der Waals surface area contributed by atoms with Gasteiger partial charge < -0.3 is 24.8 Å². The number of hydrogen-bond acceptors (Lipinski definition) is 4. The van der Waals surface area contributed by atoms with E-state index in [0.29, 0.717) is 32.6 Å². The second kappa shape index (κ2) is 10.9. The molecule has 8 heteroatoms. The van der Waals surface area contributed by atoms with E-state index >= 15 is 0 Å². The highest BCUT2D eigenvalue weighted by Gasteiger charge is 2.37. The number of nitrogens with one attached hydrogen (secondary N) is 2. The van der Waals surface area contributed by atoms with E-state index in [2.05, 4.69) is 10.6 Å². The molecule has 2 aliphatic heterocycles. The monoisotopic (exact) mass is 500 g/mol. The number of aromatic nitrogens is 1. The van der Waals surface area contributed by atoms with Crippen molar-refractivity contribution in [2.45, 2.75) is 37.9 Å². The first-order valence-electron chi connectivity index (χ1n) is 12.7. The molecular weight excluding hydrogens is 468 g/mol. The first-order valence-corrected chi connectivity index (χ1v) is 12.7. The maximum Gasteiger partial charge on any atom is 0.318 e. The maximum absolute atomic E-state index is 13.4. The molecule has 3 heterocycles. The van der Waals surface area contributed by atoms with Gasteiger partial charge >= 0.3 is 6.03 Å². The fourth-order valence-electron chi connectivity index (χ4n) is 5.42. The molecule has 1 fully saturated rings. The Morgan fingerprint density at radius 3 is 2.49 bits per heavy atom. The summed E-state index contributed by atoms with van der Waals surface area (Å²) >= 11 is 0. The third-order valence-electron chi connectivity index (χ3n) is 7.29. The van der Waals surface area contributed by atoms with Crippen LogP contribution in [-0.4, -0.2) is 47.6 Å². The van der Waals surface area contributed by atoms with Crippen LogP contribution in [0.4, 0.5) is 4.79 Å². The molecule has 8 nitrogen and oxygen atoms in total. The average Bonchev–Trinajstić information content (AvgIpc) is 2.92. The topological polar surface area (TPSA) is 92.7 Å². The van der Waals surface area contributed by atoms with Crippen LogP contribution in [0.1, 0.15) is 29.2 Å². The predicted octanol–water partition coefficient (Wildman–Crippen LogP) is 2.91. The summed E-state index contributed by atoms with van der Waals surface area (Å²) in [7, 11) is 1.61. The van der Waals surface area contributed by atoms with Crippen LogP contribution < -0.4 is 20.9 Å². The molecule has 192 valence electrons. The Balaban J connectivity index is 1.27. The van der Waals surface area contributed by atoms with E-state index in [-0.39, 0.29) is 29.3 Å². The van der Waals surface area contributed by atoms with Gasteiger partial charge in [-0.05, 0) is 41.7 Å². The Labute approximate surface area is 216 Å². The molecule has 2 bridgehead atoms. The van der Waals surface area contributed by atoms with E-state index in [4.69, 9.17) is 4.74 Å². The molecular formula is C29H32N4O4. The van der Waals surface area contributed by atoms with Crippen LogP contribution >= 0.6 is 0 Å². The zero-order valence-corrected chi connectivity index (χ0v) is 20.9. The highest BCUT2D eigenvalue weighted by molar-refractivity contribution is 5.87. The molecule has 1 aromatic heterocycles. The number of methoxy groups -OCH3 is 1. The molecule has 37 heavy (non-hydrogen) atoms. The Hall–Kier alpha value is -4.07. The predicted molar refractivity (Wildman–Crippen MR) is 140 cm³/mol. The van der Waals surface area contributed by atoms with Gasteiger partial charge in [-0.3, -0.25) is 9.59 Å². The maximum atomic E-state index is 13.4. The van der Waals surface area contributed by atoms with Crippen LogP contribution in [0.25, 0.3) is 0 Å². The van der Waals surface area contributed by atoms with E-state index in [0.717, 1.165) is 29.0 Å². The van der Waals surface area contributed by atoms with Crippen molar-refractivity contribution in [2.24, 2.45) is 5.92 Å². The van der Waals surface area contributed by atoms with Crippen molar-refractivity contribution in [2.75, 3.05) is 20.2 Å². The molecule has 5 rings (SSSR count). The zero-order valence-electron chi connectivity index (χ0n) is 20.9. The second-order valence-corrected chi connectivity index (χ2v) is 9.86. The summed E-state index contributed by atoms with van der Waals surface area (Å²) < 4.78 is 7.04. The molecule has 0 radical (unpaired) electrons. The minimum absolute atomic E-state index is 0.0153. The number of carbonyl (C=O) groups excluding carboxylic acids is 2. The highest BCUT2D eigenvalue weighted by Crippen LogP contribution is 2.34. The lowest BCUT2D eigenvalue weighted by Gasteiger charge is -2.43. The van der Waals surface area contributed by atoms with Gasteiger partial charge in [0.15, 0.2) is 0 Å². The molecule has 2 aliphatic rings. The summed E-state index contributed by atoms with van der Waals surface area (Å²) in [4.78, 5) is 40.8. The fraction of sp³-hybridized carbons (Fsp3) is 0.345. The fourth-order valence-corrected chi connectivity index (χ4v) is 5.42. The lowest BCUT2D eigenvalue weighted by atomic mass is 9.83. The Morgan fingerprint density at radius 1 is 0.946 bits per heavy atom. The van der Waals surface area contributed by atoms with Gasteiger partial charge in [-0.2, -0.15) is 0 Å². The lowest BCUT2D eigenvalue weighted by Crippen LogP contribution is -2.56. The molecule has 0 aliphatic carbocycles. The van der Waals surface area contributed by atoms with Crippen LogP contribution in [0.15, 0.2) is 77.6 Å². The number of likely N-dealkylation sites (tertiary alicyclic amines) is 1. The summed E-state index contributed by atoms with van der Waals surface area (Å²) in [5, 5.41) is 5.97. The molecule has 3 amide bonds. The largest absolute Gasteiger partial charge is 0.497 e. The van der Waals surface area contributed by atoms with Gasteiger partial charge in [0.2, 0.25) is 5.91 Å². The number of pyridine rings is 1. The molecule has 0 spiro atoms. The summed E-state index contributed by atoms with van der Waals surface area (Å²) in [5.41, 5.74) is 2.91. The standard InChI is InChI=1S/C29H32N4O4/c1-37-24-12-10-21(11-13-24)16-30-28(35)25(15-20-6-3-2-4-7-20)31-29(36)32-17-22-14-23(19-32)26-8-5-9-27(34)33(26)18-22/h2-13,22-23,25H,14-19H2,1H3,(H,30,35)(H,31,36). The zero-order chi connectivity index (χ0) is 25.8. The van der Waals surface area contributed by atoms with Gasteiger partial charge in [0.1, 0.15) is 11.8 Å². The quantitative estimate of drug-likeness (QED) is 0.522. The van der Waals surface area contributed by atoms with Crippen molar-refractivity contribution in [3.63, 3.8) is 0 Å². The van der Waals surface area contributed by atoms with Gasteiger partial charge in [0.05, 0.1) is 7.11 Å². The van der Waals surface area contributed by atoms with Crippen molar-refractivity contribution in [3.8, 4) is 5.75 Å². The number of hydrogen-bond donors (Lipinski definition) is 2. The molecule has 0 saturated carbocycles. The normalized spacial score (nSPS) is 18.9. The summed E-state index contributed by atoms with van der Waals surface area (Å²) in [6.45, 7) is 2.06. The SMILES string of the molecule is COc1ccc(CNC(=O)C(Cc2ccccc2)NC(=O)N2CC3CC(C2)c2cccc(=O)n2C3)cc1. The van der Waals surface area contributed by atoms with Crippen LogP contribution in [0.3, 0.4) is 0 Å². The van der Waals surface area contributed by atoms with E-state index in [1.165, 1.54) is 0 Å². The van der Waals surface area contributed by atoms with Crippen molar-refractivity contribution in [1.29, 1.82) is 0 Å². The van der Waals surface area contributed by atoms with Crippen LogP contribution in [0, 0.1) is 5.92 Å². The number of rotatable bonds is 7. The molecule has 2 N–H and O–H groups in total. The second-order valence-electron chi connectivity index (χ2n) is 9.86. The van der Waals surface area contributed by atoms with Crippen molar-refractivity contribution >= 4 is 11.9 Å². The first kappa shape index (κ1) is 24.6. The van der Waals surface area contributed by atoms with Gasteiger partial charge in [-0.1, -0.05) is 48.5 Å². The van der Waals surface area contributed by atoms with E-state index in [9.17, 15) is 14.4 Å². The van der Waals surface area contributed by atoms with Crippen molar-refractivity contribution < 1.29 is 14.3 Å². The van der Waals surface area contributed by atoms with Crippen LogP contribution in [0.2, 0.25) is 0 Å². The minimum Gasteiger partial charge on any atom is -0.497 e. The van der Waals surface area contributed by atoms with Crippen LogP contribution in [-0.2, 0) is 24.3 Å². The molecule has 2 aromatic carbocycles. The van der Waals surface area contributed by atoms with Crippen molar-refractivity contribution in [1.82, 2.24) is 20.1 Å². The van der Waals surface area contributed by atoms with Gasteiger partial charge in [0.25, 0.3) is 5.56 Å². The van der Waals surface area contributed by atoms with Crippen molar-refractivity contribution in [3.05, 3.63) is 100.0 Å². The number of carbonyl (C=O) groups is 2. The number of benzene rings is 2. The third-order valence-corrected chi connectivity index (χ3v) is 7.29. The van der Waals surface area contributed by atoms with Gasteiger partial charge in [-0.25, -0.2) is 4.79 Å². The van der Waals surface area contributed by atoms with E-state index in [1.54, 1.807) is 24.1 Å². The highest BCUT2D eigenvalue weighted by atomic mass is 16.5. The number of amides is 3. The summed E-state index contributed by atoms with van der Waals surface area (Å²) in [6.07, 6.45) is 1.35. The smallest absolute Gasteiger partial charge is 0.318 e.